The quantitative estimate of drug-likeness (QED) is 0.285. The molecule has 2 rings (SSSR count). The summed E-state index contributed by atoms with van der Waals surface area (Å²) in [4.78, 5) is 13.7. The fourth-order valence-corrected chi connectivity index (χ4v) is 3.45. The van der Waals surface area contributed by atoms with Gasteiger partial charge in [0, 0.05) is 0 Å². The number of halogens is 1. The third-order valence-corrected chi connectivity index (χ3v) is 5.55. The molecule has 0 heterocycles. The number of benzene rings is 2. The molecule has 0 saturated heterocycles. The molecule has 24 heavy (non-hydrogen) atoms. The second-order valence-corrected chi connectivity index (χ2v) is 7.47. The van der Waals surface area contributed by atoms with Crippen molar-refractivity contribution in [3.8, 4) is 17.2 Å². The average molecular weight is 435 g/mol. The predicted molar refractivity (Wildman–Crippen MR) is 93.3 cm³/mol. The molecule has 0 aliphatic rings. The van der Waals surface area contributed by atoms with Crippen LogP contribution in [0.5, 0.6) is 17.2 Å². The summed E-state index contributed by atoms with van der Waals surface area (Å²) in [6, 6.07) is 11.1. The Labute approximate surface area is 155 Å². The number of hydrogen-bond acceptors (Lipinski definition) is 3. The van der Waals surface area contributed by atoms with Gasteiger partial charge in [-0.1, -0.05) is 0 Å². The fourth-order valence-electron chi connectivity index (χ4n) is 2.47. The molecule has 0 amide bonds. The first kappa shape index (κ1) is 18.8. The van der Waals surface area contributed by atoms with Gasteiger partial charge in [0.2, 0.25) is 0 Å². The maximum absolute atomic E-state index is 11.8. The summed E-state index contributed by atoms with van der Waals surface area (Å²) >= 11 is -0.434. The van der Waals surface area contributed by atoms with E-state index in [2.05, 4.69) is 6.92 Å². The Morgan fingerprint density at radius 1 is 1.21 bits per heavy atom. The van der Waals surface area contributed by atoms with Gasteiger partial charge in [-0.05, 0) is 0 Å². The molecule has 1 unspecified atom stereocenters. The summed E-state index contributed by atoms with van der Waals surface area (Å²) in [5.41, 5.74) is 2.77. The van der Waals surface area contributed by atoms with Crippen molar-refractivity contribution in [3.05, 3.63) is 53.1 Å². The number of rotatable bonds is 7. The zero-order valence-corrected chi connectivity index (χ0v) is 16.6. The van der Waals surface area contributed by atoms with Crippen molar-refractivity contribution in [2.45, 2.75) is 26.1 Å². The van der Waals surface area contributed by atoms with Gasteiger partial charge in [0.15, 0.2) is 0 Å². The van der Waals surface area contributed by atoms with E-state index < -0.39 is 21.2 Å². The molecule has 2 aromatic carbocycles. The molecule has 126 valence electrons. The van der Waals surface area contributed by atoms with Crippen LogP contribution in [0.1, 0.15) is 40.6 Å². The number of methoxy groups -OCH3 is 1. The van der Waals surface area contributed by atoms with Crippen LogP contribution in [0, 0.1) is 6.92 Å². The van der Waals surface area contributed by atoms with Crippen LogP contribution in [0.3, 0.4) is 0 Å². The Morgan fingerprint density at radius 2 is 1.88 bits per heavy atom. The monoisotopic (exact) mass is 435 g/mol. The molecule has 1 atom stereocenters. The third-order valence-electron chi connectivity index (χ3n) is 3.94. The van der Waals surface area contributed by atoms with Gasteiger partial charge < -0.3 is 0 Å². The van der Waals surface area contributed by atoms with Gasteiger partial charge in [-0.2, -0.15) is 0 Å². The van der Waals surface area contributed by atoms with Crippen molar-refractivity contribution in [2.75, 3.05) is 12.0 Å². The summed E-state index contributed by atoms with van der Waals surface area (Å²) in [6.45, 7) is 4.04. The molecule has 0 spiro atoms. The SMILES string of the molecule is [B]C(CC)c1ccc(OC)c(Oc2ccc(C(=O)[I-]C)cc2)c1C. The van der Waals surface area contributed by atoms with Crippen LogP contribution in [0.25, 0.3) is 0 Å². The van der Waals surface area contributed by atoms with Crippen molar-refractivity contribution in [1.82, 2.24) is 0 Å². The van der Waals surface area contributed by atoms with Gasteiger partial charge in [-0.3, -0.25) is 0 Å². The first-order valence-electron chi connectivity index (χ1n) is 7.76. The van der Waals surface area contributed by atoms with Crippen LogP contribution < -0.4 is 30.7 Å². The number of ether oxygens (including phenoxy) is 2. The van der Waals surface area contributed by atoms with Crippen LogP contribution >= 0.6 is 0 Å². The molecule has 5 heteroatoms. The predicted octanol–water partition coefficient (Wildman–Crippen LogP) is 1.27. The van der Waals surface area contributed by atoms with Gasteiger partial charge in [0.1, 0.15) is 0 Å². The number of carbonyl (C=O) groups is 1. The molecule has 0 saturated carbocycles. The van der Waals surface area contributed by atoms with Crippen LogP contribution in [0.4, 0.5) is 0 Å². The molecule has 2 radical (unpaired) electrons. The molecular formula is C19H21BIO3-. The number of alkyl halides is 1. The molecule has 2 aromatic rings. The summed E-state index contributed by atoms with van der Waals surface area (Å²) in [5.74, 6) is 1.97. The average Bonchev–Trinajstić information content (AvgIpc) is 2.62. The van der Waals surface area contributed by atoms with Gasteiger partial charge in [-0.25, -0.2) is 0 Å². The van der Waals surface area contributed by atoms with Crippen LogP contribution in [-0.4, -0.2) is 23.7 Å². The molecular weight excluding hydrogens is 414 g/mol. The van der Waals surface area contributed by atoms with E-state index in [1.54, 1.807) is 7.11 Å². The molecule has 3 nitrogen and oxygen atoms in total. The molecule has 0 aromatic heterocycles. The minimum atomic E-state index is -0.434. The Bertz CT molecular complexity index is 713. The fraction of sp³-hybridized carbons (Fsp3) is 0.316. The van der Waals surface area contributed by atoms with E-state index in [1.165, 1.54) is 0 Å². The summed E-state index contributed by atoms with van der Waals surface area (Å²) in [6.07, 6.45) is 0.851. The zero-order chi connectivity index (χ0) is 17.7. The topological polar surface area (TPSA) is 35.5 Å². The first-order chi connectivity index (χ1) is 11.5. The van der Waals surface area contributed by atoms with Gasteiger partial charge in [0.25, 0.3) is 0 Å². The van der Waals surface area contributed by atoms with Crippen LogP contribution in [0.15, 0.2) is 36.4 Å². The van der Waals surface area contributed by atoms with Gasteiger partial charge >= 0.3 is 156 Å². The van der Waals surface area contributed by atoms with Gasteiger partial charge in [-0.15, -0.1) is 0 Å². The van der Waals surface area contributed by atoms with E-state index in [9.17, 15) is 4.79 Å². The Kier molecular flexibility index (Phi) is 6.72. The van der Waals surface area contributed by atoms with E-state index in [-0.39, 0.29) is 9.61 Å². The Balaban J connectivity index is 2.35. The van der Waals surface area contributed by atoms with Crippen LogP contribution in [-0.2, 0) is 0 Å². The minimum absolute atomic E-state index is 0.0354. The van der Waals surface area contributed by atoms with E-state index in [0.29, 0.717) is 17.2 Å². The van der Waals surface area contributed by atoms with E-state index in [0.717, 1.165) is 23.1 Å². The first-order valence-corrected chi connectivity index (χ1v) is 11.0. The molecule has 0 fully saturated rings. The van der Waals surface area contributed by atoms with Crippen molar-refractivity contribution >= 4 is 11.6 Å². The number of carbonyl (C=O) groups excluding carboxylic acids is 1. The Hall–Kier alpha value is -1.50. The van der Waals surface area contributed by atoms with E-state index >= 15 is 0 Å². The van der Waals surface area contributed by atoms with E-state index in [1.807, 2.05) is 48.3 Å². The standard InChI is InChI=1S/C19H21BIO3/c1-5-16(20)15-10-11-17(23-4)18(12(15)2)24-14-8-6-13(7-9-14)19(22)21-3/h6-11,16H,5H2,1-4H3/q-1. The second kappa shape index (κ2) is 8.56. The Morgan fingerprint density at radius 3 is 2.42 bits per heavy atom. The van der Waals surface area contributed by atoms with Gasteiger partial charge in [0.05, 0.1) is 0 Å². The maximum atomic E-state index is 11.8. The second-order valence-electron chi connectivity index (χ2n) is 5.42. The van der Waals surface area contributed by atoms with Crippen molar-refractivity contribution in [3.63, 3.8) is 0 Å². The summed E-state index contributed by atoms with van der Waals surface area (Å²) in [7, 11) is 7.81. The molecule has 0 bridgehead atoms. The summed E-state index contributed by atoms with van der Waals surface area (Å²) < 4.78 is 11.7. The van der Waals surface area contributed by atoms with E-state index in [4.69, 9.17) is 17.3 Å². The zero-order valence-electron chi connectivity index (χ0n) is 14.4. The van der Waals surface area contributed by atoms with Crippen molar-refractivity contribution < 1.29 is 35.5 Å². The van der Waals surface area contributed by atoms with Crippen LogP contribution in [0.2, 0.25) is 0 Å². The van der Waals surface area contributed by atoms with Crippen molar-refractivity contribution in [1.29, 1.82) is 0 Å². The molecule has 0 aliphatic heterocycles. The molecule has 0 N–H and O–H groups in total. The molecule has 0 aliphatic carbocycles. The third kappa shape index (κ3) is 4.12. The van der Waals surface area contributed by atoms with Crippen molar-refractivity contribution in [2.24, 2.45) is 0 Å². The summed E-state index contributed by atoms with van der Waals surface area (Å²) in [5, 5.41) is 0. The normalized spacial score (nSPS) is 12.0. The number of hydrogen-bond donors (Lipinski definition) is 0.